The Morgan fingerprint density at radius 3 is 3.07 bits per heavy atom. The molecule has 0 amide bonds. The molecule has 1 aromatic heterocycles. The van der Waals surface area contributed by atoms with Crippen molar-refractivity contribution in [2.45, 2.75) is 11.9 Å². The third-order valence-electron chi connectivity index (χ3n) is 1.71. The lowest BCUT2D eigenvalue weighted by atomic mass is 10.2. The first-order chi connectivity index (χ1) is 7.15. The molecule has 1 unspecified atom stereocenters. The van der Waals surface area contributed by atoms with Crippen LogP contribution in [0.3, 0.4) is 0 Å². The van der Waals surface area contributed by atoms with Gasteiger partial charge in [0.2, 0.25) is 0 Å². The van der Waals surface area contributed by atoms with Crippen LogP contribution in [0.5, 0.6) is 0 Å². The van der Waals surface area contributed by atoms with Crippen LogP contribution in [0.15, 0.2) is 17.6 Å². The van der Waals surface area contributed by atoms with Crippen LogP contribution < -0.4 is 0 Å². The maximum atomic E-state index is 11.1. The van der Waals surface area contributed by atoms with Gasteiger partial charge in [-0.1, -0.05) is 6.92 Å². The van der Waals surface area contributed by atoms with Crippen molar-refractivity contribution < 1.29 is 9.53 Å². The number of aromatic nitrogens is 2. The van der Waals surface area contributed by atoms with Gasteiger partial charge in [0.1, 0.15) is 11.4 Å². The van der Waals surface area contributed by atoms with E-state index in [-0.39, 0.29) is 11.9 Å². The van der Waals surface area contributed by atoms with Gasteiger partial charge in [-0.05, 0) is 22.6 Å². The number of esters is 1. The first-order valence-electron chi connectivity index (χ1n) is 4.31. The maximum Gasteiger partial charge on any atom is 0.309 e. The van der Waals surface area contributed by atoms with Gasteiger partial charge in [-0.3, -0.25) is 4.79 Å². The van der Waals surface area contributed by atoms with E-state index in [1.54, 1.807) is 6.20 Å². The molecule has 0 aliphatic carbocycles. The molecule has 0 saturated carbocycles. The Hall–Kier alpha value is -0.370. The van der Waals surface area contributed by atoms with Gasteiger partial charge in [-0.2, -0.15) is 0 Å². The number of nitrogens with zero attached hydrogens (tertiary/aromatic N) is 2. The van der Waals surface area contributed by atoms with Crippen molar-refractivity contribution in [3.05, 3.63) is 16.1 Å². The molecule has 1 heterocycles. The smallest absolute Gasteiger partial charge is 0.309 e. The van der Waals surface area contributed by atoms with Crippen molar-refractivity contribution in [2.24, 2.45) is 5.92 Å². The van der Waals surface area contributed by atoms with Crippen molar-refractivity contribution >= 4 is 40.3 Å². The van der Waals surface area contributed by atoms with Crippen molar-refractivity contribution in [3.8, 4) is 0 Å². The Balaban J connectivity index is 2.50. The van der Waals surface area contributed by atoms with Crippen LogP contribution in [0.2, 0.25) is 0 Å². The van der Waals surface area contributed by atoms with Gasteiger partial charge in [0.15, 0.2) is 0 Å². The number of ether oxygens (including phenoxy) is 1. The second-order valence-corrected chi connectivity index (χ2v) is 5.08. The molecule has 15 heavy (non-hydrogen) atoms. The predicted octanol–water partition coefficient (Wildman–Crippen LogP) is 1.98. The van der Waals surface area contributed by atoms with E-state index in [9.17, 15) is 4.79 Å². The zero-order valence-electron chi connectivity index (χ0n) is 8.44. The molecule has 0 fully saturated rings. The zero-order valence-corrected chi connectivity index (χ0v) is 11.4. The van der Waals surface area contributed by atoms with E-state index in [2.05, 4.69) is 37.3 Å². The minimum atomic E-state index is -0.188. The van der Waals surface area contributed by atoms with Crippen molar-refractivity contribution in [2.75, 3.05) is 12.9 Å². The second-order valence-electron chi connectivity index (χ2n) is 2.91. The van der Waals surface area contributed by atoms with E-state index >= 15 is 0 Å². The number of thioether (sulfide) groups is 1. The van der Waals surface area contributed by atoms with Crippen LogP contribution in [-0.2, 0) is 9.53 Å². The average Bonchev–Trinajstić information content (AvgIpc) is 2.26. The third-order valence-corrected chi connectivity index (χ3v) is 4.13. The Kier molecular flexibility index (Phi) is 5.30. The maximum absolute atomic E-state index is 11.1. The summed E-state index contributed by atoms with van der Waals surface area (Å²) in [4.78, 5) is 19.2. The van der Waals surface area contributed by atoms with E-state index in [4.69, 9.17) is 0 Å². The molecular formula is C9H11IN2O2S. The SMILES string of the molecule is COC(=O)C(C)CSc1ncncc1I. The lowest BCUT2D eigenvalue weighted by Crippen LogP contribution is -2.14. The number of carbonyl (C=O) groups excluding carboxylic acids is 1. The van der Waals surface area contributed by atoms with Crippen LogP contribution in [0.25, 0.3) is 0 Å². The Morgan fingerprint density at radius 2 is 2.47 bits per heavy atom. The molecule has 0 radical (unpaired) electrons. The summed E-state index contributed by atoms with van der Waals surface area (Å²) in [5.41, 5.74) is 0. The average molecular weight is 338 g/mol. The molecule has 1 rings (SSSR count). The van der Waals surface area contributed by atoms with Gasteiger partial charge in [-0.15, -0.1) is 11.8 Å². The Labute approximate surface area is 106 Å². The standard InChI is InChI=1S/C9H11IN2O2S/c1-6(9(13)14-2)4-15-8-7(10)3-11-5-12-8/h3,5-6H,4H2,1-2H3. The highest BCUT2D eigenvalue weighted by molar-refractivity contribution is 14.1. The fourth-order valence-electron chi connectivity index (χ4n) is 0.881. The molecule has 0 bridgehead atoms. The minimum absolute atomic E-state index is 0.120. The van der Waals surface area contributed by atoms with Gasteiger partial charge in [0.25, 0.3) is 0 Å². The van der Waals surface area contributed by atoms with Crippen LogP contribution in [-0.4, -0.2) is 28.8 Å². The van der Waals surface area contributed by atoms with E-state index in [0.29, 0.717) is 5.75 Å². The first-order valence-corrected chi connectivity index (χ1v) is 6.37. The van der Waals surface area contributed by atoms with Crippen LogP contribution in [0, 0.1) is 9.49 Å². The highest BCUT2D eigenvalue weighted by Crippen LogP contribution is 2.23. The summed E-state index contributed by atoms with van der Waals surface area (Å²) in [6, 6.07) is 0. The number of halogens is 1. The monoisotopic (exact) mass is 338 g/mol. The summed E-state index contributed by atoms with van der Waals surface area (Å²) in [5.74, 6) is 0.358. The molecule has 0 N–H and O–H groups in total. The van der Waals surface area contributed by atoms with Crippen LogP contribution in [0.1, 0.15) is 6.92 Å². The van der Waals surface area contributed by atoms with E-state index in [1.807, 2.05) is 6.92 Å². The highest BCUT2D eigenvalue weighted by atomic mass is 127. The Bertz CT molecular complexity index is 349. The summed E-state index contributed by atoms with van der Waals surface area (Å²) in [6.45, 7) is 1.84. The molecule has 0 aliphatic rings. The second kappa shape index (κ2) is 6.26. The third kappa shape index (κ3) is 3.94. The van der Waals surface area contributed by atoms with E-state index < -0.39 is 0 Å². The van der Waals surface area contributed by atoms with E-state index in [1.165, 1.54) is 25.2 Å². The van der Waals surface area contributed by atoms with Gasteiger partial charge >= 0.3 is 5.97 Å². The normalized spacial score (nSPS) is 12.2. The topological polar surface area (TPSA) is 52.1 Å². The van der Waals surface area contributed by atoms with Gasteiger partial charge in [-0.25, -0.2) is 9.97 Å². The molecule has 1 aromatic rings. The molecule has 1 atom stereocenters. The fraction of sp³-hybridized carbons (Fsp3) is 0.444. The van der Waals surface area contributed by atoms with Crippen molar-refractivity contribution in [1.82, 2.24) is 9.97 Å². The Morgan fingerprint density at radius 1 is 1.73 bits per heavy atom. The summed E-state index contributed by atoms with van der Waals surface area (Å²) >= 11 is 3.71. The first kappa shape index (κ1) is 12.7. The lowest BCUT2D eigenvalue weighted by molar-refractivity contribution is -0.143. The molecule has 4 nitrogen and oxygen atoms in total. The van der Waals surface area contributed by atoms with Crippen LogP contribution >= 0.6 is 34.4 Å². The van der Waals surface area contributed by atoms with Crippen LogP contribution in [0.4, 0.5) is 0 Å². The number of carbonyl (C=O) groups is 1. The lowest BCUT2D eigenvalue weighted by Gasteiger charge is -2.08. The predicted molar refractivity (Wildman–Crippen MR) is 66.7 cm³/mol. The molecule has 6 heteroatoms. The molecular weight excluding hydrogens is 327 g/mol. The quantitative estimate of drug-likeness (QED) is 0.364. The molecule has 0 spiro atoms. The number of methoxy groups -OCH3 is 1. The summed E-state index contributed by atoms with van der Waals surface area (Å²) in [7, 11) is 1.40. The number of rotatable bonds is 4. The summed E-state index contributed by atoms with van der Waals surface area (Å²) < 4.78 is 5.64. The van der Waals surface area contributed by atoms with Gasteiger partial charge < -0.3 is 4.74 Å². The van der Waals surface area contributed by atoms with Gasteiger partial charge in [0, 0.05) is 11.9 Å². The highest BCUT2D eigenvalue weighted by Gasteiger charge is 2.14. The number of hydrogen-bond acceptors (Lipinski definition) is 5. The zero-order chi connectivity index (χ0) is 11.3. The minimum Gasteiger partial charge on any atom is -0.469 e. The van der Waals surface area contributed by atoms with Crippen molar-refractivity contribution in [1.29, 1.82) is 0 Å². The largest absolute Gasteiger partial charge is 0.469 e. The molecule has 0 saturated heterocycles. The molecule has 82 valence electrons. The number of hydrogen-bond donors (Lipinski definition) is 0. The fourth-order valence-corrected chi connectivity index (χ4v) is 2.50. The van der Waals surface area contributed by atoms with Gasteiger partial charge in [0.05, 0.1) is 16.6 Å². The molecule has 0 aromatic carbocycles. The van der Waals surface area contributed by atoms with Crippen molar-refractivity contribution in [3.63, 3.8) is 0 Å². The van der Waals surface area contributed by atoms with E-state index in [0.717, 1.165) is 8.60 Å². The molecule has 0 aliphatic heterocycles. The summed E-state index contributed by atoms with van der Waals surface area (Å²) in [6.07, 6.45) is 3.26. The summed E-state index contributed by atoms with van der Waals surface area (Å²) in [5, 5.41) is 0.904.